The van der Waals surface area contributed by atoms with E-state index in [-0.39, 0.29) is 11.9 Å². The average molecular weight is 314 g/mol. The van der Waals surface area contributed by atoms with Gasteiger partial charge in [0.25, 0.3) is 0 Å². The third kappa shape index (κ3) is 1.56. The fraction of sp³-hybridized carbons (Fsp3) is 0.526. The minimum absolute atomic E-state index is 0.0519. The van der Waals surface area contributed by atoms with Crippen LogP contribution in [0, 0.1) is 12.3 Å². The first kappa shape index (κ1) is 14.9. The molecule has 2 fully saturated rings. The Morgan fingerprint density at radius 1 is 1.43 bits per heavy atom. The van der Waals surface area contributed by atoms with Crippen LogP contribution in [0.3, 0.4) is 0 Å². The number of carbonyl (C=O) groups excluding carboxylic acids is 1. The lowest BCUT2D eigenvalue weighted by Gasteiger charge is -2.42. The van der Waals surface area contributed by atoms with E-state index in [2.05, 4.69) is 12.6 Å². The molecule has 1 spiro atoms. The number of aliphatic hydroxyl groups excluding tert-OH is 1. The van der Waals surface area contributed by atoms with E-state index in [9.17, 15) is 15.0 Å². The van der Waals surface area contributed by atoms with E-state index >= 15 is 0 Å². The number of ether oxygens (including phenoxy) is 1. The van der Waals surface area contributed by atoms with Gasteiger partial charge in [0.15, 0.2) is 0 Å². The zero-order valence-electron chi connectivity index (χ0n) is 13.5. The van der Waals surface area contributed by atoms with Crippen LogP contribution in [0.25, 0.3) is 0 Å². The zero-order chi connectivity index (χ0) is 16.6. The maximum Gasteiger partial charge on any atom is 0.313 e. The minimum atomic E-state index is -1.07. The van der Waals surface area contributed by atoms with Crippen molar-refractivity contribution >= 4 is 5.97 Å². The van der Waals surface area contributed by atoms with Crippen LogP contribution >= 0.6 is 0 Å². The molecule has 3 aliphatic carbocycles. The van der Waals surface area contributed by atoms with E-state index in [1.807, 2.05) is 19.1 Å². The second-order valence-electron chi connectivity index (χ2n) is 7.37. The Morgan fingerprint density at radius 3 is 2.87 bits per heavy atom. The van der Waals surface area contributed by atoms with Crippen molar-refractivity contribution in [1.29, 1.82) is 0 Å². The van der Waals surface area contributed by atoms with E-state index in [1.165, 1.54) is 7.11 Å². The van der Waals surface area contributed by atoms with Crippen LogP contribution in [0.15, 0.2) is 30.4 Å². The summed E-state index contributed by atoms with van der Waals surface area (Å²) in [6, 6.07) is 6.04. The molecular formula is C19H22O4. The molecule has 1 aromatic carbocycles. The van der Waals surface area contributed by atoms with Crippen molar-refractivity contribution in [3.8, 4) is 0 Å². The smallest absolute Gasteiger partial charge is 0.313 e. The quantitative estimate of drug-likeness (QED) is 0.616. The molecule has 0 unspecified atom stereocenters. The average Bonchev–Trinajstić information content (AvgIpc) is 2.91. The van der Waals surface area contributed by atoms with Crippen LogP contribution in [0.5, 0.6) is 0 Å². The molecule has 4 heteroatoms. The molecule has 0 aliphatic heterocycles. The van der Waals surface area contributed by atoms with Gasteiger partial charge in [-0.2, -0.15) is 0 Å². The molecule has 23 heavy (non-hydrogen) atoms. The molecule has 1 aromatic rings. The summed E-state index contributed by atoms with van der Waals surface area (Å²) in [4.78, 5) is 12.7. The number of rotatable bonds is 1. The van der Waals surface area contributed by atoms with E-state index in [4.69, 9.17) is 4.74 Å². The maximum absolute atomic E-state index is 12.7. The monoisotopic (exact) mass is 314 g/mol. The molecule has 0 radical (unpaired) electrons. The normalized spacial score (nSPS) is 40.7. The highest BCUT2D eigenvalue weighted by Gasteiger charge is 2.70. The minimum Gasteiger partial charge on any atom is -0.469 e. The van der Waals surface area contributed by atoms with Crippen LogP contribution in [-0.2, 0) is 9.53 Å². The van der Waals surface area contributed by atoms with Crippen LogP contribution in [0.4, 0.5) is 0 Å². The summed E-state index contributed by atoms with van der Waals surface area (Å²) >= 11 is 0. The highest BCUT2D eigenvalue weighted by atomic mass is 16.5. The van der Waals surface area contributed by atoms with Crippen LogP contribution in [0.2, 0.25) is 0 Å². The third-order valence-electron chi connectivity index (χ3n) is 6.53. The van der Waals surface area contributed by atoms with Gasteiger partial charge in [-0.1, -0.05) is 24.8 Å². The van der Waals surface area contributed by atoms with Gasteiger partial charge in [0, 0.05) is 5.41 Å². The zero-order valence-corrected chi connectivity index (χ0v) is 13.5. The second kappa shape index (κ2) is 4.46. The van der Waals surface area contributed by atoms with Gasteiger partial charge < -0.3 is 14.9 Å². The van der Waals surface area contributed by atoms with E-state index < -0.39 is 23.0 Å². The van der Waals surface area contributed by atoms with Crippen LogP contribution in [0.1, 0.15) is 47.8 Å². The fourth-order valence-corrected chi connectivity index (χ4v) is 5.54. The lowest BCUT2D eigenvalue weighted by atomic mass is 9.62. The van der Waals surface area contributed by atoms with Gasteiger partial charge in [0.1, 0.15) is 0 Å². The standard InChI is InChI=1S/C19H22O4/c1-10-5-4-6-12-13-7-8-18(22)9-19(13,16(20)11(18)2)15(14(10)12)17(21)23-3/h4-6,13,15-16,20,22H,2,7-9H2,1,3H3/t13-,15-,16-,18+,19-/m1/s1. The van der Waals surface area contributed by atoms with E-state index in [0.29, 0.717) is 18.4 Å². The molecular weight excluding hydrogens is 292 g/mol. The van der Waals surface area contributed by atoms with Crippen molar-refractivity contribution in [1.82, 2.24) is 0 Å². The van der Waals surface area contributed by atoms with Gasteiger partial charge in [-0.05, 0) is 54.4 Å². The maximum atomic E-state index is 12.7. The molecule has 0 amide bonds. The molecule has 2 saturated carbocycles. The molecule has 0 heterocycles. The van der Waals surface area contributed by atoms with Gasteiger partial charge in [0.2, 0.25) is 0 Å². The lowest BCUT2D eigenvalue weighted by Crippen LogP contribution is -2.44. The number of hydrogen-bond acceptors (Lipinski definition) is 4. The Labute approximate surface area is 135 Å². The topological polar surface area (TPSA) is 66.8 Å². The summed E-state index contributed by atoms with van der Waals surface area (Å²) in [5, 5.41) is 21.9. The third-order valence-corrected chi connectivity index (χ3v) is 6.53. The van der Waals surface area contributed by atoms with E-state index in [1.54, 1.807) is 0 Å². The SMILES string of the molecule is C=C1[C@@H](O)[C@]23C[C@@]1(O)CC[C@@H]2c1cccc(C)c1[C@@H]3C(=O)OC. The molecule has 0 aromatic heterocycles. The Morgan fingerprint density at radius 2 is 2.17 bits per heavy atom. The number of benzene rings is 1. The number of hydrogen-bond donors (Lipinski definition) is 2. The predicted molar refractivity (Wildman–Crippen MR) is 85.1 cm³/mol. The highest BCUT2D eigenvalue weighted by Crippen LogP contribution is 2.71. The predicted octanol–water partition coefficient (Wildman–Crippen LogP) is 2.18. The summed E-state index contributed by atoms with van der Waals surface area (Å²) in [5.41, 5.74) is 1.79. The molecule has 3 aliphatic rings. The Bertz CT molecular complexity index is 724. The number of fused-ring (bicyclic) bond motifs is 3. The molecule has 2 N–H and O–H groups in total. The van der Waals surface area contributed by atoms with Crippen molar-refractivity contribution in [3.63, 3.8) is 0 Å². The second-order valence-corrected chi connectivity index (χ2v) is 7.37. The first-order valence-electron chi connectivity index (χ1n) is 8.14. The number of esters is 1. The summed E-state index contributed by atoms with van der Waals surface area (Å²) in [5.74, 6) is -0.827. The number of aliphatic hydroxyl groups is 2. The van der Waals surface area contributed by atoms with Crippen molar-refractivity contribution in [3.05, 3.63) is 47.0 Å². The number of aryl methyl sites for hydroxylation is 1. The largest absolute Gasteiger partial charge is 0.469 e. The molecule has 122 valence electrons. The van der Waals surface area contributed by atoms with Crippen molar-refractivity contribution in [2.24, 2.45) is 5.41 Å². The van der Waals surface area contributed by atoms with Gasteiger partial charge in [0.05, 0.1) is 24.7 Å². The molecule has 2 bridgehead atoms. The highest BCUT2D eigenvalue weighted by molar-refractivity contribution is 5.83. The summed E-state index contributed by atoms with van der Waals surface area (Å²) in [7, 11) is 1.38. The van der Waals surface area contributed by atoms with E-state index in [0.717, 1.165) is 23.1 Å². The lowest BCUT2D eigenvalue weighted by molar-refractivity contribution is -0.149. The Kier molecular flexibility index (Phi) is 2.89. The van der Waals surface area contributed by atoms with Crippen molar-refractivity contribution < 1.29 is 19.7 Å². The number of carbonyl (C=O) groups is 1. The Hall–Kier alpha value is -1.65. The van der Waals surface area contributed by atoms with Gasteiger partial charge >= 0.3 is 5.97 Å². The Balaban J connectivity index is 2.00. The summed E-state index contributed by atoms with van der Waals surface area (Å²) < 4.78 is 5.10. The molecule has 4 nitrogen and oxygen atoms in total. The number of methoxy groups -OCH3 is 1. The molecule has 4 rings (SSSR count). The summed E-state index contributed by atoms with van der Waals surface area (Å²) in [6.07, 6.45) is 0.807. The van der Waals surface area contributed by atoms with Gasteiger partial charge in [-0.25, -0.2) is 0 Å². The summed E-state index contributed by atoms with van der Waals surface area (Å²) in [6.45, 7) is 5.95. The van der Waals surface area contributed by atoms with Gasteiger partial charge in [-0.3, -0.25) is 4.79 Å². The first-order valence-corrected chi connectivity index (χ1v) is 8.14. The first-order chi connectivity index (χ1) is 10.9. The van der Waals surface area contributed by atoms with Crippen molar-refractivity contribution in [2.75, 3.05) is 7.11 Å². The van der Waals surface area contributed by atoms with Crippen LogP contribution < -0.4 is 0 Å². The fourth-order valence-electron chi connectivity index (χ4n) is 5.54. The van der Waals surface area contributed by atoms with Crippen LogP contribution in [-0.4, -0.2) is 35.0 Å². The molecule has 5 atom stereocenters. The van der Waals surface area contributed by atoms with Crippen molar-refractivity contribution in [2.45, 2.75) is 49.7 Å². The van der Waals surface area contributed by atoms with Gasteiger partial charge in [-0.15, -0.1) is 0 Å². The molecule has 0 saturated heterocycles.